The van der Waals surface area contributed by atoms with Crippen LogP contribution in [0.1, 0.15) is 16.7 Å². The lowest BCUT2D eigenvalue weighted by Gasteiger charge is -2.15. The fourth-order valence-corrected chi connectivity index (χ4v) is 3.76. The molecule has 36 heavy (non-hydrogen) atoms. The summed E-state index contributed by atoms with van der Waals surface area (Å²) >= 11 is 0. The number of hydrogen-bond donors (Lipinski definition) is 9. The van der Waals surface area contributed by atoms with E-state index in [4.69, 9.17) is 17.2 Å². The monoisotopic (exact) mass is 492 g/mol. The molecule has 0 saturated heterocycles. The van der Waals surface area contributed by atoms with E-state index in [0.717, 1.165) is 0 Å². The van der Waals surface area contributed by atoms with Crippen LogP contribution >= 0.6 is 0 Å². The molecule has 4 rings (SSSR count). The Labute approximate surface area is 204 Å². The van der Waals surface area contributed by atoms with E-state index in [1.165, 1.54) is 36.4 Å². The molecule has 0 aliphatic rings. The van der Waals surface area contributed by atoms with Crippen LogP contribution in [0.15, 0.2) is 36.4 Å². The summed E-state index contributed by atoms with van der Waals surface area (Å²) in [6.45, 7) is -0.519. The van der Waals surface area contributed by atoms with Crippen LogP contribution in [0.2, 0.25) is 0 Å². The van der Waals surface area contributed by atoms with E-state index in [-0.39, 0.29) is 105 Å². The molecule has 12 nitrogen and oxygen atoms in total. The van der Waals surface area contributed by atoms with Crippen molar-refractivity contribution in [3.05, 3.63) is 53.1 Å². The van der Waals surface area contributed by atoms with Gasteiger partial charge in [-0.1, -0.05) is 0 Å². The summed E-state index contributed by atoms with van der Waals surface area (Å²) in [6, 6.07) is 8.06. The molecule has 12 heteroatoms. The van der Waals surface area contributed by atoms with Crippen LogP contribution in [0.3, 0.4) is 0 Å². The molecular weight excluding hydrogens is 468 g/mol. The Morgan fingerprint density at radius 2 is 0.694 bits per heavy atom. The number of benzene rings is 3. The van der Waals surface area contributed by atoms with Crippen LogP contribution in [-0.2, 0) is 19.6 Å². The molecule has 0 radical (unpaired) electrons. The number of aromatic nitrogens is 3. The summed E-state index contributed by atoms with van der Waals surface area (Å²) in [4.78, 5) is 13.1. The van der Waals surface area contributed by atoms with Crippen molar-refractivity contribution in [2.24, 2.45) is 17.2 Å². The Morgan fingerprint density at radius 3 is 0.917 bits per heavy atom. The largest absolute Gasteiger partial charge is 0.507 e. The van der Waals surface area contributed by atoms with E-state index in [9.17, 15) is 30.6 Å². The van der Waals surface area contributed by atoms with Crippen molar-refractivity contribution in [3.63, 3.8) is 0 Å². The van der Waals surface area contributed by atoms with E-state index in [0.29, 0.717) is 0 Å². The molecule has 1 heterocycles. The van der Waals surface area contributed by atoms with E-state index in [1.807, 2.05) is 0 Å². The SMILES string of the molecule is NCc1c(O)ccc(-c2nc(-c3ccc(O)c(CN)c3O)nc(-c3ccc(O)c(CN)c3O)n2)c1O. The number of phenolic OH excluding ortho intramolecular Hbond substituents is 6. The summed E-state index contributed by atoms with van der Waals surface area (Å²) < 4.78 is 0. The number of rotatable bonds is 6. The Kier molecular flexibility index (Phi) is 6.49. The lowest BCUT2D eigenvalue weighted by molar-refractivity contribution is 0.439. The molecule has 0 atom stereocenters. The van der Waals surface area contributed by atoms with Gasteiger partial charge >= 0.3 is 0 Å². The molecule has 12 N–H and O–H groups in total. The second-order valence-corrected chi connectivity index (χ2v) is 7.80. The Morgan fingerprint density at radius 1 is 0.444 bits per heavy atom. The van der Waals surface area contributed by atoms with Crippen LogP contribution in [0.4, 0.5) is 0 Å². The van der Waals surface area contributed by atoms with Gasteiger partial charge in [0.2, 0.25) is 0 Å². The average molecular weight is 492 g/mol. The molecule has 3 aromatic carbocycles. The Hall–Kier alpha value is -4.65. The highest BCUT2D eigenvalue weighted by Gasteiger charge is 2.23. The first kappa shape index (κ1) is 24.5. The zero-order chi connectivity index (χ0) is 26.1. The minimum Gasteiger partial charge on any atom is -0.507 e. The molecule has 0 saturated carbocycles. The topological polar surface area (TPSA) is 238 Å². The van der Waals surface area contributed by atoms with Gasteiger partial charge in [0, 0.05) is 36.3 Å². The van der Waals surface area contributed by atoms with Gasteiger partial charge in [0.1, 0.15) is 34.5 Å². The van der Waals surface area contributed by atoms with Gasteiger partial charge in [0.15, 0.2) is 17.5 Å². The third-order valence-electron chi connectivity index (χ3n) is 5.74. The maximum atomic E-state index is 10.8. The number of phenols is 6. The van der Waals surface area contributed by atoms with E-state index < -0.39 is 0 Å². The fourth-order valence-electron chi connectivity index (χ4n) is 3.76. The predicted molar refractivity (Wildman–Crippen MR) is 130 cm³/mol. The van der Waals surface area contributed by atoms with Crippen LogP contribution in [-0.4, -0.2) is 45.6 Å². The molecule has 0 unspecified atom stereocenters. The summed E-state index contributed by atoms with van der Waals surface area (Å²) in [5, 5.41) is 62.4. The van der Waals surface area contributed by atoms with Crippen molar-refractivity contribution >= 4 is 0 Å². The minimum atomic E-state index is -0.365. The van der Waals surface area contributed by atoms with E-state index in [1.54, 1.807) is 0 Å². The quantitative estimate of drug-likeness (QED) is 0.186. The van der Waals surface area contributed by atoms with Gasteiger partial charge in [-0.3, -0.25) is 0 Å². The van der Waals surface area contributed by atoms with E-state index in [2.05, 4.69) is 15.0 Å². The second-order valence-electron chi connectivity index (χ2n) is 7.80. The van der Waals surface area contributed by atoms with Crippen molar-refractivity contribution in [1.82, 2.24) is 15.0 Å². The third kappa shape index (κ3) is 4.05. The molecule has 0 fully saturated rings. The first-order valence-electron chi connectivity index (χ1n) is 10.7. The van der Waals surface area contributed by atoms with Gasteiger partial charge in [-0.15, -0.1) is 0 Å². The van der Waals surface area contributed by atoms with Gasteiger partial charge in [0.25, 0.3) is 0 Å². The molecular formula is C24H24N6O6. The number of nitrogens with two attached hydrogens (primary N) is 3. The third-order valence-corrected chi connectivity index (χ3v) is 5.74. The van der Waals surface area contributed by atoms with Gasteiger partial charge in [0.05, 0.1) is 16.7 Å². The van der Waals surface area contributed by atoms with Crippen LogP contribution in [0.5, 0.6) is 34.5 Å². The van der Waals surface area contributed by atoms with E-state index >= 15 is 0 Å². The van der Waals surface area contributed by atoms with Crippen LogP contribution in [0, 0.1) is 0 Å². The lowest BCUT2D eigenvalue weighted by Crippen LogP contribution is -2.04. The summed E-state index contributed by atoms with van der Waals surface area (Å²) in [7, 11) is 0. The summed E-state index contributed by atoms with van der Waals surface area (Å²) in [6.07, 6.45) is 0. The smallest absolute Gasteiger partial charge is 0.167 e. The van der Waals surface area contributed by atoms with Gasteiger partial charge in [-0.2, -0.15) is 0 Å². The Balaban J connectivity index is 2.05. The molecule has 0 bridgehead atoms. The van der Waals surface area contributed by atoms with Gasteiger partial charge in [-0.05, 0) is 36.4 Å². The Bertz CT molecular complexity index is 1290. The van der Waals surface area contributed by atoms with Crippen molar-refractivity contribution in [2.45, 2.75) is 19.6 Å². The average Bonchev–Trinajstić information content (AvgIpc) is 2.85. The molecule has 0 aliphatic heterocycles. The van der Waals surface area contributed by atoms with Crippen LogP contribution < -0.4 is 17.2 Å². The predicted octanol–water partition coefficient (Wildman–Crippen LogP) is 1.48. The molecule has 0 spiro atoms. The molecule has 4 aromatic rings. The van der Waals surface area contributed by atoms with Crippen molar-refractivity contribution in [3.8, 4) is 68.7 Å². The van der Waals surface area contributed by atoms with Crippen molar-refractivity contribution < 1.29 is 30.6 Å². The fraction of sp³-hybridized carbons (Fsp3) is 0.125. The maximum Gasteiger partial charge on any atom is 0.167 e. The lowest BCUT2D eigenvalue weighted by atomic mass is 10.0. The molecule has 1 aromatic heterocycles. The zero-order valence-corrected chi connectivity index (χ0v) is 18.8. The van der Waals surface area contributed by atoms with Gasteiger partial charge < -0.3 is 47.8 Å². The van der Waals surface area contributed by atoms with Crippen molar-refractivity contribution in [1.29, 1.82) is 0 Å². The second kappa shape index (κ2) is 9.54. The highest BCUT2D eigenvalue weighted by atomic mass is 16.3. The maximum absolute atomic E-state index is 10.8. The first-order chi connectivity index (χ1) is 17.2. The van der Waals surface area contributed by atoms with Crippen LogP contribution in [0.25, 0.3) is 34.2 Å². The number of hydrogen-bond acceptors (Lipinski definition) is 12. The summed E-state index contributed by atoms with van der Waals surface area (Å²) in [5.74, 6) is -1.99. The first-order valence-corrected chi connectivity index (χ1v) is 10.7. The minimum absolute atomic E-state index is 0.0619. The molecule has 186 valence electrons. The highest BCUT2D eigenvalue weighted by Crippen LogP contribution is 2.41. The highest BCUT2D eigenvalue weighted by molar-refractivity contribution is 5.77. The zero-order valence-electron chi connectivity index (χ0n) is 18.8. The van der Waals surface area contributed by atoms with Crippen molar-refractivity contribution in [2.75, 3.05) is 0 Å². The number of aromatic hydroxyl groups is 6. The molecule has 0 amide bonds. The van der Waals surface area contributed by atoms with Gasteiger partial charge in [-0.25, -0.2) is 15.0 Å². The number of nitrogens with zero attached hydrogens (tertiary/aromatic N) is 3. The summed E-state index contributed by atoms with van der Waals surface area (Å²) in [5.41, 5.74) is 17.4. The standard InChI is InChI=1S/C24H24N6O6/c25-7-13-16(31)4-1-10(19(13)34)22-28-23(11-2-5-17(32)14(8-26)20(11)35)30-24(29-22)12-3-6-18(33)15(9-27)21(12)36/h1-6,31-36H,7-9,25-27H2. The normalized spacial score (nSPS) is 11.1. The molecule has 0 aliphatic carbocycles.